The summed E-state index contributed by atoms with van der Waals surface area (Å²) in [5, 5.41) is 3.68. The van der Waals surface area contributed by atoms with Gasteiger partial charge >= 0.3 is 0 Å². The van der Waals surface area contributed by atoms with Crippen LogP contribution in [0, 0.1) is 0 Å². The van der Waals surface area contributed by atoms with E-state index >= 15 is 0 Å². The van der Waals surface area contributed by atoms with Crippen LogP contribution in [0.5, 0.6) is 5.75 Å². The Hall–Kier alpha value is -2.80. The quantitative estimate of drug-likeness (QED) is 0.507. The van der Waals surface area contributed by atoms with Gasteiger partial charge in [0.15, 0.2) is 5.16 Å². The zero-order valence-corrected chi connectivity index (χ0v) is 16.5. The molecule has 0 radical (unpaired) electrons. The lowest BCUT2D eigenvalue weighted by Gasteiger charge is -2.17. The van der Waals surface area contributed by atoms with Gasteiger partial charge in [0, 0.05) is 6.04 Å². The van der Waals surface area contributed by atoms with Crippen LogP contribution in [0.2, 0.25) is 0 Å². The molecule has 1 aliphatic rings. The molecule has 1 amide bonds. The monoisotopic (exact) mass is 395 g/mol. The molecule has 1 heterocycles. The standard InChI is InChI=1S/C21H21N3O3S/c1-13(19(25)22-17-9-5-6-10-18(17)27-2)28-21-23-16-8-4-3-7-15(16)20(26)24(21)14-11-12-14/h3-10,13-14H,11-12H2,1-2H3,(H,22,25)/t13-/m1/s1. The number of fused-ring (bicyclic) bond motifs is 1. The van der Waals surface area contributed by atoms with Gasteiger partial charge in [-0.3, -0.25) is 14.2 Å². The van der Waals surface area contributed by atoms with Crippen molar-refractivity contribution in [2.75, 3.05) is 12.4 Å². The molecule has 0 bridgehead atoms. The van der Waals surface area contributed by atoms with E-state index < -0.39 is 5.25 Å². The van der Waals surface area contributed by atoms with E-state index in [2.05, 4.69) is 10.3 Å². The molecule has 6 nitrogen and oxygen atoms in total. The minimum absolute atomic E-state index is 0.0343. The fourth-order valence-electron chi connectivity index (χ4n) is 3.06. The van der Waals surface area contributed by atoms with Crippen LogP contribution in [0.4, 0.5) is 5.69 Å². The summed E-state index contributed by atoms with van der Waals surface area (Å²) in [5.41, 5.74) is 1.24. The lowest BCUT2D eigenvalue weighted by Crippen LogP contribution is -2.26. The molecule has 1 saturated carbocycles. The predicted octanol–water partition coefficient (Wildman–Crippen LogP) is 3.86. The SMILES string of the molecule is COc1ccccc1NC(=O)[C@@H](C)Sc1nc2ccccc2c(=O)n1C1CC1. The number of benzene rings is 2. The molecule has 0 spiro atoms. The van der Waals surface area contributed by atoms with Crippen molar-refractivity contribution in [2.24, 2.45) is 0 Å². The van der Waals surface area contributed by atoms with E-state index in [0.717, 1.165) is 12.8 Å². The van der Waals surface area contributed by atoms with Crippen molar-refractivity contribution in [1.29, 1.82) is 0 Å². The van der Waals surface area contributed by atoms with Gasteiger partial charge in [-0.05, 0) is 44.0 Å². The van der Waals surface area contributed by atoms with E-state index in [1.54, 1.807) is 29.9 Å². The minimum Gasteiger partial charge on any atom is -0.495 e. The van der Waals surface area contributed by atoms with Crippen molar-refractivity contribution in [3.8, 4) is 5.75 Å². The van der Waals surface area contributed by atoms with Crippen molar-refractivity contribution in [1.82, 2.24) is 9.55 Å². The predicted molar refractivity (Wildman–Crippen MR) is 111 cm³/mol. The normalized spacial score (nSPS) is 14.6. The molecule has 1 N–H and O–H groups in total. The van der Waals surface area contributed by atoms with Crippen LogP contribution in [-0.4, -0.2) is 27.8 Å². The van der Waals surface area contributed by atoms with Crippen LogP contribution in [0.3, 0.4) is 0 Å². The van der Waals surface area contributed by atoms with Crippen molar-refractivity contribution in [2.45, 2.75) is 36.2 Å². The molecule has 0 aliphatic heterocycles. The number of hydrogen-bond acceptors (Lipinski definition) is 5. The van der Waals surface area contributed by atoms with Crippen molar-refractivity contribution in [3.63, 3.8) is 0 Å². The Morgan fingerprint density at radius 3 is 2.68 bits per heavy atom. The Morgan fingerprint density at radius 1 is 1.21 bits per heavy atom. The number of amides is 1. The molecule has 1 atom stereocenters. The molecule has 1 aliphatic carbocycles. The number of carbonyl (C=O) groups excluding carboxylic acids is 1. The van der Waals surface area contributed by atoms with Crippen molar-refractivity contribution >= 4 is 34.3 Å². The lowest BCUT2D eigenvalue weighted by atomic mass is 10.2. The first-order chi connectivity index (χ1) is 13.6. The van der Waals surface area contributed by atoms with Gasteiger partial charge in [-0.25, -0.2) is 4.98 Å². The first kappa shape index (κ1) is 18.6. The van der Waals surface area contributed by atoms with Gasteiger partial charge in [0.1, 0.15) is 5.75 Å². The maximum absolute atomic E-state index is 12.9. The Kier molecular flexibility index (Phi) is 5.09. The van der Waals surface area contributed by atoms with E-state index in [1.165, 1.54) is 11.8 Å². The first-order valence-corrected chi connectivity index (χ1v) is 10.1. The third-order valence-corrected chi connectivity index (χ3v) is 5.77. The summed E-state index contributed by atoms with van der Waals surface area (Å²) in [4.78, 5) is 30.4. The molecule has 28 heavy (non-hydrogen) atoms. The fraction of sp³-hybridized carbons (Fsp3) is 0.286. The Morgan fingerprint density at radius 2 is 1.93 bits per heavy atom. The molecule has 3 aromatic rings. The average Bonchev–Trinajstić information content (AvgIpc) is 3.53. The molecular weight excluding hydrogens is 374 g/mol. The number of hydrogen-bond donors (Lipinski definition) is 1. The molecule has 0 saturated heterocycles. The summed E-state index contributed by atoms with van der Waals surface area (Å²) in [5.74, 6) is 0.436. The summed E-state index contributed by atoms with van der Waals surface area (Å²) in [6.07, 6.45) is 1.94. The molecule has 1 aromatic heterocycles. The Bertz CT molecular complexity index is 1090. The highest BCUT2D eigenvalue weighted by molar-refractivity contribution is 8.00. The zero-order valence-electron chi connectivity index (χ0n) is 15.7. The third kappa shape index (κ3) is 3.62. The number of anilines is 1. The van der Waals surface area contributed by atoms with Crippen LogP contribution in [0.1, 0.15) is 25.8 Å². The van der Waals surface area contributed by atoms with Gasteiger partial charge in [-0.2, -0.15) is 0 Å². The number of thioether (sulfide) groups is 1. The average molecular weight is 395 g/mol. The molecule has 1 fully saturated rings. The van der Waals surface area contributed by atoms with Crippen LogP contribution < -0.4 is 15.6 Å². The van der Waals surface area contributed by atoms with Crippen LogP contribution in [0.25, 0.3) is 10.9 Å². The summed E-state index contributed by atoms with van der Waals surface area (Å²) in [6.45, 7) is 1.81. The molecule has 0 unspecified atom stereocenters. The van der Waals surface area contributed by atoms with E-state index in [1.807, 2.05) is 37.3 Å². The number of methoxy groups -OCH3 is 1. The zero-order chi connectivity index (χ0) is 19.7. The van der Waals surface area contributed by atoms with Crippen LogP contribution in [0.15, 0.2) is 58.5 Å². The molecule has 7 heteroatoms. The van der Waals surface area contributed by atoms with E-state index in [4.69, 9.17) is 4.74 Å². The Labute approximate surface area is 166 Å². The van der Waals surface area contributed by atoms with E-state index in [9.17, 15) is 9.59 Å². The fourth-order valence-corrected chi connectivity index (χ4v) is 4.04. The van der Waals surface area contributed by atoms with Gasteiger partial charge < -0.3 is 10.1 Å². The summed E-state index contributed by atoms with van der Waals surface area (Å²) >= 11 is 1.31. The summed E-state index contributed by atoms with van der Waals surface area (Å²) in [7, 11) is 1.57. The van der Waals surface area contributed by atoms with E-state index in [0.29, 0.717) is 27.5 Å². The van der Waals surface area contributed by atoms with Gasteiger partial charge in [0.05, 0.1) is 29.0 Å². The summed E-state index contributed by atoms with van der Waals surface area (Å²) < 4.78 is 7.04. The smallest absolute Gasteiger partial charge is 0.262 e. The maximum atomic E-state index is 12.9. The molecule has 144 valence electrons. The number of nitrogens with zero attached hydrogens (tertiary/aromatic N) is 2. The van der Waals surface area contributed by atoms with Crippen molar-refractivity contribution < 1.29 is 9.53 Å². The number of para-hydroxylation sites is 3. The highest BCUT2D eigenvalue weighted by atomic mass is 32.2. The highest BCUT2D eigenvalue weighted by Crippen LogP contribution is 2.37. The number of nitrogens with one attached hydrogen (secondary N) is 1. The molecule has 2 aromatic carbocycles. The highest BCUT2D eigenvalue weighted by Gasteiger charge is 2.30. The lowest BCUT2D eigenvalue weighted by molar-refractivity contribution is -0.115. The van der Waals surface area contributed by atoms with Gasteiger partial charge in [-0.15, -0.1) is 0 Å². The number of carbonyl (C=O) groups is 1. The van der Waals surface area contributed by atoms with Gasteiger partial charge in [0.2, 0.25) is 5.91 Å². The van der Waals surface area contributed by atoms with Gasteiger partial charge in [0.25, 0.3) is 5.56 Å². The second kappa shape index (κ2) is 7.67. The van der Waals surface area contributed by atoms with E-state index in [-0.39, 0.29) is 17.5 Å². The first-order valence-electron chi connectivity index (χ1n) is 9.20. The minimum atomic E-state index is -0.428. The maximum Gasteiger partial charge on any atom is 0.262 e. The molecule has 4 rings (SSSR count). The number of aromatic nitrogens is 2. The number of rotatable bonds is 6. The second-order valence-electron chi connectivity index (χ2n) is 6.77. The third-order valence-electron chi connectivity index (χ3n) is 4.70. The Balaban J connectivity index is 1.61. The largest absolute Gasteiger partial charge is 0.495 e. The topological polar surface area (TPSA) is 73.2 Å². The van der Waals surface area contributed by atoms with Gasteiger partial charge in [-0.1, -0.05) is 36.0 Å². The second-order valence-corrected chi connectivity index (χ2v) is 8.08. The van der Waals surface area contributed by atoms with Crippen LogP contribution in [-0.2, 0) is 4.79 Å². The number of ether oxygens (including phenoxy) is 1. The van der Waals surface area contributed by atoms with Crippen molar-refractivity contribution in [3.05, 3.63) is 58.9 Å². The molecular formula is C21H21N3O3S. The van der Waals surface area contributed by atoms with Crippen LogP contribution >= 0.6 is 11.8 Å². The summed E-state index contributed by atoms with van der Waals surface area (Å²) in [6, 6.07) is 14.8.